The van der Waals surface area contributed by atoms with Crippen molar-refractivity contribution in [3.8, 4) is 0 Å². The van der Waals surface area contributed by atoms with Crippen molar-refractivity contribution in [2.24, 2.45) is 0 Å². The number of amides is 1. The summed E-state index contributed by atoms with van der Waals surface area (Å²) in [4.78, 5) is 27.1. The predicted octanol–water partition coefficient (Wildman–Crippen LogP) is 6.65. The lowest BCUT2D eigenvalue weighted by atomic mass is 9.95. The van der Waals surface area contributed by atoms with E-state index in [-0.39, 0.29) is 11.9 Å². The van der Waals surface area contributed by atoms with Crippen molar-refractivity contribution >= 4 is 28.9 Å². The summed E-state index contributed by atoms with van der Waals surface area (Å²) in [6, 6.07) is 12.4. The number of unbranched alkanes of at least 4 members (excludes halogenated alkanes) is 2. The van der Waals surface area contributed by atoms with Gasteiger partial charge in [-0.15, -0.1) is 11.3 Å². The van der Waals surface area contributed by atoms with Crippen molar-refractivity contribution in [2.75, 3.05) is 4.90 Å². The van der Waals surface area contributed by atoms with Gasteiger partial charge in [-0.3, -0.25) is 4.79 Å². The van der Waals surface area contributed by atoms with Gasteiger partial charge in [0.2, 0.25) is 5.91 Å². The molecule has 1 aliphatic heterocycles. The van der Waals surface area contributed by atoms with Gasteiger partial charge in [-0.05, 0) is 67.9 Å². The zero-order chi connectivity index (χ0) is 21.5. The molecule has 1 saturated heterocycles. The summed E-state index contributed by atoms with van der Waals surface area (Å²) < 4.78 is 0. The van der Waals surface area contributed by atoms with Gasteiger partial charge in [-0.1, -0.05) is 45.2 Å². The van der Waals surface area contributed by atoms with Crippen LogP contribution in [0, 0.1) is 0 Å². The van der Waals surface area contributed by atoms with Crippen LogP contribution in [-0.2, 0) is 11.2 Å². The molecule has 2 atom stereocenters. The van der Waals surface area contributed by atoms with Crippen LogP contribution in [-0.4, -0.2) is 23.0 Å². The Balaban J connectivity index is 1.56. The third-order valence-electron chi connectivity index (χ3n) is 6.14. The maximum Gasteiger partial charge on any atom is 0.345 e. The minimum atomic E-state index is -0.859. The zero-order valence-electron chi connectivity index (χ0n) is 18.1. The standard InChI is InChI=1S/C25H33NO3S/c1-3-4-5-7-18(2)19-10-12-21(13-11-19)26-20(14-17-24(26)27)8-6-9-22-15-16-23(30-22)25(28)29/h10-13,15-16,18,20H,3-9,14,17H2,1-2H3,(H,28,29)/t18-,20-/m0/s1. The summed E-state index contributed by atoms with van der Waals surface area (Å²) in [7, 11) is 0. The van der Waals surface area contributed by atoms with Gasteiger partial charge in [-0.25, -0.2) is 4.79 Å². The summed E-state index contributed by atoms with van der Waals surface area (Å²) in [6.45, 7) is 4.52. The second-order valence-corrected chi connectivity index (χ2v) is 9.58. The molecule has 1 aliphatic rings. The van der Waals surface area contributed by atoms with Crippen LogP contribution in [0.4, 0.5) is 5.69 Å². The molecule has 3 rings (SSSR count). The van der Waals surface area contributed by atoms with Crippen LogP contribution in [0.15, 0.2) is 36.4 Å². The topological polar surface area (TPSA) is 57.6 Å². The largest absolute Gasteiger partial charge is 0.477 e. The first-order chi connectivity index (χ1) is 14.5. The molecular formula is C25H33NO3S. The summed E-state index contributed by atoms with van der Waals surface area (Å²) in [5.41, 5.74) is 2.36. The van der Waals surface area contributed by atoms with Crippen molar-refractivity contribution in [3.05, 3.63) is 51.7 Å². The van der Waals surface area contributed by atoms with E-state index in [2.05, 4.69) is 38.1 Å². The molecule has 4 nitrogen and oxygen atoms in total. The Hall–Kier alpha value is -2.14. The van der Waals surface area contributed by atoms with Crippen LogP contribution < -0.4 is 4.90 Å². The fraction of sp³-hybridized carbons (Fsp3) is 0.520. The molecule has 0 unspecified atom stereocenters. The van der Waals surface area contributed by atoms with E-state index < -0.39 is 5.97 Å². The lowest BCUT2D eigenvalue weighted by Gasteiger charge is -2.25. The fourth-order valence-electron chi connectivity index (χ4n) is 4.34. The molecule has 0 bridgehead atoms. The fourth-order valence-corrected chi connectivity index (χ4v) is 5.23. The number of anilines is 1. The molecule has 0 radical (unpaired) electrons. The quantitative estimate of drug-likeness (QED) is 0.409. The Labute approximate surface area is 183 Å². The smallest absolute Gasteiger partial charge is 0.345 e. The summed E-state index contributed by atoms with van der Waals surface area (Å²) >= 11 is 1.35. The number of nitrogens with zero attached hydrogens (tertiary/aromatic N) is 1. The lowest BCUT2D eigenvalue weighted by molar-refractivity contribution is -0.117. The predicted molar refractivity (Wildman–Crippen MR) is 124 cm³/mol. The van der Waals surface area contributed by atoms with Crippen LogP contribution in [0.2, 0.25) is 0 Å². The molecule has 1 aromatic heterocycles. The number of rotatable bonds is 11. The number of carbonyl (C=O) groups excluding carboxylic acids is 1. The van der Waals surface area contributed by atoms with E-state index in [9.17, 15) is 9.59 Å². The van der Waals surface area contributed by atoms with Gasteiger partial charge in [0.15, 0.2) is 0 Å². The van der Waals surface area contributed by atoms with Crippen molar-refractivity contribution in [2.45, 2.75) is 83.6 Å². The Bertz CT molecular complexity index is 842. The van der Waals surface area contributed by atoms with Crippen LogP contribution >= 0.6 is 11.3 Å². The first-order valence-corrected chi connectivity index (χ1v) is 12.0. The summed E-state index contributed by atoms with van der Waals surface area (Å²) in [5, 5.41) is 9.06. The van der Waals surface area contributed by atoms with Crippen LogP contribution in [0.3, 0.4) is 0 Å². The van der Waals surface area contributed by atoms with Gasteiger partial charge in [0.1, 0.15) is 4.88 Å². The second kappa shape index (κ2) is 10.8. The van der Waals surface area contributed by atoms with E-state index in [0.717, 1.165) is 36.2 Å². The monoisotopic (exact) mass is 427 g/mol. The molecule has 162 valence electrons. The molecule has 1 N–H and O–H groups in total. The van der Waals surface area contributed by atoms with E-state index in [1.54, 1.807) is 6.07 Å². The van der Waals surface area contributed by atoms with Crippen molar-refractivity contribution in [3.63, 3.8) is 0 Å². The van der Waals surface area contributed by atoms with Gasteiger partial charge in [0.05, 0.1) is 0 Å². The summed E-state index contributed by atoms with van der Waals surface area (Å²) in [6.07, 6.45) is 9.30. The molecule has 5 heteroatoms. The molecule has 1 amide bonds. The first-order valence-electron chi connectivity index (χ1n) is 11.2. The molecular weight excluding hydrogens is 394 g/mol. The number of hydrogen-bond acceptors (Lipinski definition) is 3. The lowest BCUT2D eigenvalue weighted by Crippen LogP contribution is -2.32. The van der Waals surface area contributed by atoms with Gasteiger partial charge in [0.25, 0.3) is 0 Å². The number of hydrogen-bond donors (Lipinski definition) is 1. The highest BCUT2D eigenvalue weighted by atomic mass is 32.1. The third-order valence-corrected chi connectivity index (χ3v) is 7.27. The minimum absolute atomic E-state index is 0.216. The van der Waals surface area contributed by atoms with Crippen LogP contribution in [0.5, 0.6) is 0 Å². The van der Waals surface area contributed by atoms with Gasteiger partial charge >= 0.3 is 5.97 Å². The van der Waals surface area contributed by atoms with E-state index in [4.69, 9.17) is 5.11 Å². The molecule has 0 aliphatic carbocycles. The normalized spacial score (nSPS) is 17.5. The Morgan fingerprint density at radius 2 is 1.93 bits per heavy atom. The number of aryl methyl sites for hydroxylation is 1. The zero-order valence-corrected chi connectivity index (χ0v) is 18.9. The molecule has 2 heterocycles. The Morgan fingerprint density at radius 3 is 2.60 bits per heavy atom. The molecule has 1 aromatic carbocycles. The van der Waals surface area contributed by atoms with Crippen molar-refractivity contribution in [1.29, 1.82) is 0 Å². The SMILES string of the molecule is CCCCC[C@H](C)c1ccc(N2C(=O)CC[C@@H]2CCCc2ccc(C(=O)O)s2)cc1. The molecule has 1 fully saturated rings. The number of thiophene rings is 1. The Morgan fingerprint density at radius 1 is 1.17 bits per heavy atom. The minimum Gasteiger partial charge on any atom is -0.477 e. The number of benzene rings is 1. The molecule has 0 saturated carbocycles. The molecule has 30 heavy (non-hydrogen) atoms. The van der Waals surface area contributed by atoms with E-state index >= 15 is 0 Å². The average molecular weight is 428 g/mol. The van der Waals surface area contributed by atoms with Crippen LogP contribution in [0.25, 0.3) is 0 Å². The van der Waals surface area contributed by atoms with E-state index in [1.165, 1.54) is 42.6 Å². The number of carboxylic acid groups (broad SMARTS) is 1. The van der Waals surface area contributed by atoms with Crippen molar-refractivity contribution in [1.82, 2.24) is 0 Å². The highest BCUT2D eigenvalue weighted by molar-refractivity contribution is 7.13. The first kappa shape index (κ1) is 22.5. The van der Waals surface area contributed by atoms with Gasteiger partial charge in [-0.2, -0.15) is 0 Å². The summed E-state index contributed by atoms with van der Waals surface area (Å²) in [5.74, 6) is -0.0906. The highest BCUT2D eigenvalue weighted by Gasteiger charge is 2.31. The number of carbonyl (C=O) groups is 2. The van der Waals surface area contributed by atoms with E-state index in [0.29, 0.717) is 17.2 Å². The van der Waals surface area contributed by atoms with Gasteiger partial charge in [0, 0.05) is 23.0 Å². The number of aromatic carboxylic acids is 1. The van der Waals surface area contributed by atoms with E-state index in [1.807, 2.05) is 11.0 Å². The highest BCUT2D eigenvalue weighted by Crippen LogP contribution is 2.32. The number of carboxylic acids is 1. The Kier molecular flexibility index (Phi) is 8.08. The molecule has 0 spiro atoms. The maximum atomic E-state index is 12.6. The average Bonchev–Trinajstić information content (AvgIpc) is 3.35. The van der Waals surface area contributed by atoms with Crippen LogP contribution in [0.1, 0.15) is 91.2 Å². The maximum absolute atomic E-state index is 12.6. The van der Waals surface area contributed by atoms with Gasteiger partial charge < -0.3 is 10.0 Å². The molecule has 2 aromatic rings. The van der Waals surface area contributed by atoms with Crippen molar-refractivity contribution < 1.29 is 14.7 Å². The third kappa shape index (κ3) is 5.72. The second-order valence-electron chi connectivity index (χ2n) is 8.41.